The number of benzene rings is 2. The highest BCUT2D eigenvalue weighted by Gasteiger charge is 2.24. The lowest BCUT2D eigenvalue weighted by Gasteiger charge is -2.07. The number of rotatable bonds is 3. The summed E-state index contributed by atoms with van der Waals surface area (Å²) in [6, 6.07) is 13.5. The fourth-order valence-corrected chi connectivity index (χ4v) is 2.71. The molecule has 0 aliphatic carbocycles. The van der Waals surface area contributed by atoms with Crippen LogP contribution < -0.4 is 10.1 Å². The highest BCUT2D eigenvalue weighted by Crippen LogP contribution is 2.36. The molecule has 0 spiro atoms. The maximum Gasteiger partial charge on any atom is 0.256 e. The van der Waals surface area contributed by atoms with Crippen molar-refractivity contribution in [2.45, 2.75) is 6.92 Å². The standard InChI is InChI=1S/C17H14BrNO2/c1-2-21-16-6-4-3-5-11(16)9-14-13-8-7-12(18)10-15(13)19-17(14)20/h3-10H,2H2,1H3,(H,19,20)/b14-9+. The smallest absolute Gasteiger partial charge is 0.256 e. The Labute approximate surface area is 131 Å². The number of carbonyl (C=O) groups is 1. The number of hydrogen-bond acceptors (Lipinski definition) is 2. The summed E-state index contributed by atoms with van der Waals surface area (Å²) >= 11 is 3.41. The summed E-state index contributed by atoms with van der Waals surface area (Å²) in [4.78, 5) is 12.2. The Kier molecular flexibility index (Phi) is 3.80. The number of nitrogens with one attached hydrogen (secondary N) is 1. The second kappa shape index (κ2) is 5.74. The van der Waals surface area contributed by atoms with Crippen molar-refractivity contribution in [1.82, 2.24) is 0 Å². The molecule has 3 nitrogen and oxygen atoms in total. The molecule has 3 rings (SSSR count). The Morgan fingerprint density at radius 1 is 1.24 bits per heavy atom. The van der Waals surface area contributed by atoms with E-state index in [9.17, 15) is 4.79 Å². The lowest BCUT2D eigenvalue weighted by molar-refractivity contribution is -0.110. The first-order valence-electron chi connectivity index (χ1n) is 6.74. The Balaban J connectivity index is 2.07. The van der Waals surface area contributed by atoms with Crippen LogP contribution in [-0.4, -0.2) is 12.5 Å². The van der Waals surface area contributed by atoms with Crippen LogP contribution in [0.5, 0.6) is 5.75 Å². The van der Waals surface area contributed by atoms with Crippen molar-refractivity contribution in [3.8, 4) is 5.75 Å². The Morgan fingerprint density at radius 3 is 2.86 bits per heavy atom. The van der Waals surface area contributed by atoms with Gasteiger partial charge in [0.2, 0.25) is 0 Å². The van der Waals surface area contributed by atoms with Crippen LogP contribution in [0.3, 0.4) is 0 Å². The van der Waals surface area contributed by atoms with Gasteiger partial charge >= 0.3 is 0 Å². The summed E-state index contributed by atoms with van der Waals surface area (Å²) in [7, 11) is 0. The summed E-state index contributed by atoms with van der Waals surface area (Å²) in [5.74, 6) is 0.695. The number of hydrogen-bond donors (Lipinski definition) is 1. The van der Waals surface area contributed by atoms with E-state index in [1.807, 2.05) is 55.5 Å². The predicted molar refractivity (Wildman–Crippen MR) is 88.3 cm³/mol. The van der Waals surface area contributed by atoms with Gasteiger partial charge in [-0.05, 0) is 31.2 Å². The minimum Gasteiger partial charge on any atom is -0.493 e. The zero-order chi connectivity index (χ0) is 14.8. The summed E-state index contributed by atoms with van der Waals surface area (Å²) in [6.07, 6.45) is 1.88. The Bertz CT molecular complexity index is 737. The molecule has 1 amide bonds. The van der Waals surface area contributed by atoms with Gasteiger partial charge in [-0.25, -0.2) is 0 Å². The molecule has 2 aromatic rings. The molecule has 21 heavy (non-hydrogen) atoms. The van der Waals surface area contributed by atoms with Crippen LogP contribution in [0.1, 0.15) is 18.1 Å². The third-order valence-electron chi connectivity index (χ3n) is 3.28. The van der Waals surface area contributed by atoms with Gasteiger partial charge in [0.15, 0.2) is 0 Å². The zero-order valence-corrected chi connectivity index (χ0v) is 13.1. The molecule has 0 radical (unpaired) electrons. The molecule has 4 heteroatoms. The van der Waals surface area contributed by atoms with E-state index in [4.69, 9.17) is 4.74 Å². The van der Waals surface area contributed by atoms with Gasteiger partial charge in [0.25, 0.3) is 5.91 Å². The largest absolute Gasteiger partial charge is 0.493 e. The van der Waals surface area contributed by atoms with Crippen LogP contribution in [0.4, 0.5) is 5.69 Å². The number of halogens is 1. The SMILES string of the molecule is CCOc1ccccc1/C=C1/C(=O)Nc2cc(Br)ccc21. The third kappa shape index (κ3) is 2.72. The lowest BCUT2D eigenvalue weighted by Crippen LogP contribution is -2.03. The minimum absolute atomic E-state index is 0.0885. The first kappa shape index (κ1) is 13.9. The number of carbonyl (C=O) groups excluding carboxylic acids is 1. The highest BCUT2D eigenvalue weighted by atomic mass is 79.9. The molecule has 0 unspecified atom stereocenters. The topological polar surface area (TPSA) is 38.3 Å². The Morgan fingerprint density at radius 2 is 2.05 bits per heavy atom. The van der Waals surface area contributed by atoms with E-state index < -0.39 is 0 Å². The van der Waals surface area contributed by atoms with Gasteiger partial charge in [0, 0.05) is 21.2 Å². The fraction of sp³-hybridized carbons (Fsp3) is 0.118. The van der Waals surface area contributed by atoms with Crippen LogP contribution in [0, 0.1) is 0 Å². The summed E-state index contributed by atoms with van der Waals surface area (Å²) in [6.45, 7) is 2.54. The fourth-order valence-electron chi connectivity index (χ4n) is 2.35. The lowest BCUT2D eigenvalue weighted by atomic mass is 10.0. The van der Waals surface area contributed by atoms with Crippen LogP contribution in [0.25, 0.3) is 11.6 Å². The van der Waals surface area contributed by atoms with Gasteiger partial charge in [-0.15, -0.1) is 0 Å². The molecule has 1 N–H and O–H groups in total. The van der Waals surface area contributed by atoms with Crippen LogP contribution in [0.2, 0.25) is 0 Å². The third-order valence-corrected chi connectivity index (χ3v) is 3.78. The van der Waals surface area contributed by atoms with E-state index in [-0.39, 0.29) is 5.91 Å². The average molecular weight is 344 g/mol. The second-order valence-electron chi connectivity index (χ2n) is 4.67. The maximum absolute atomic E-state index is 12.2. The molecule has 1 aliphatic heterocycles. The normalized spacial score (nSPS) is 15.0. The van der Waals surface area contributed by atoms with Crippen molar-refractivity contribution >= 4 is 39.2 Å². The molecular weight excluding hydrogens is 330 g/mol. The van der Waals surface area contributed by atoms with Crippen LogP contribution in [0.15, 0.2) is 46.9 Å². The first-order valence-corrected chi connectivity index (χ1v) is 7.53. The molecule has 0 saturated carbocycles. The Hall–Kier alpha value is -2.07. The summed E-state index contributed by atoms with van der Waals surface area (Å²) in [5, 5.41) is 2.88. The van der Waals surface area contributed by atoms with E-state index in [2.05, 4.69) is 21.2 Å². The number of ether oxygens (including phenoxy) is 1. The van der Waals surface area contributed by atoms with E-state index in [0.29, 0.717) is 12.2 Å². The van der Waals surface area contributed by atoms with Gasteiger partial charge in [-0.3, -0.25) is 4.79 Å². The molecular formula is C17H14BrNO2. The summed E-state index contributed by atoms with van der Waals surface area (Å²) < 4.78 is 6.55. The van der Waals surface area contributed by atoms with E-state index in [1.54, 1.807) is 0 Å². The minimum atomic E-state index is -0.0885. The van der Waals surface area contributed by atoms with Crippen molar-refractivity contribution in [3.05, 3.63) is 58.1 Å². The number of fused-ring (bicyclic) bond motifs is 1. The molecule has 0 atom stereocenters. The average Bonchev–Trinajstić information content (AvgIpc) is 2.76. The molecule has 0 saturated heterocycles. The van der Waals surface area contributed by atoms with Gasteiger partial charge in [0.05, 0.1) is 12.3 Å². The van der Waals surface area contributed by atoms with Crippen molar-refractivity contribution in [2.75, 3.05) is 11.9 Å². The van der Waals surface area contributed by atoms with Crippen molar-refractivity contribution in [1.29, 1.82) is 0 Å². The van der Waals surface area contributed by atoms with Crippen molar-refractivity contribution in [2.24, 2.45) is 0 Å². The molecule has 1 heterocycles. The summed E-state index contributed by atoms with van der Waals surface area (Å²) in [5.41, 5.74) is 3.30. The molecule has 1 aliphatic rings. The molecule has 0 bridgehead atoms. The predicted octanol–water partition coefficient (Wildman–Crippen LogP) is 4.34. The van der Waals surface area contributed by atoms with Crippen molar-refractivity contribution < 1.29 is 9.53 Å². The first-order chi connectivity index (χ1) is 10.2. The van der Waals surface area contributed by atoms with Crippen LogP contribution in [-0.2, 0) is 4.79 Å². The number of para-hydroxylation sites is 1. The second-order valence-corrected chi connectivity index (χ2v) is 5.59. The van der Waals surface area contributed by atoms with Gasteiger partial charge in [-0.2, -0.15) is 0 Å². The molecule has 2 aromatic carbocycles. The highest BCUT2D eigenvalue weighted by molar-refractivity contribution is 9.10. The monoisotopic (exact) mass is 343 g/mol. The van der Waals surface area contributed by atoms with E-state index in [1.165, 1.54) is 0 Å². The van der Waals surface area contributed by atoms with Gasteiger partial charge in [-0.1, -0.05) is 40.2 Å². The van der Waals surface area contributed by atoms with Crippen molar-refractivity contribution in [3.63, 3.8) is 0 Å². The molecule has 0 fully saturated rings. The number of anilines is 1. The van der Waals surface area contributed by atoms with Crippen LogP contribution >= 0.6 is 15.9 Å². The number of amides is 1. The van der Waals surface area contributed by atoms with Gasteiger partial charge in [0.1, 0.15) is 5.75 Å². The molecule has 106 valence electrons. The maximum atomic E-state index is 12.2. The molecule has 0 aromatic heterocycles. The van der Waals surface area contributed by atoms with E-state index >= 15 is 0 Å². The van der Waals surface area contributed by atoms with Gasteiger partial charge < -0.3 is 10.1 Å². The van der Waals surface area contributed by atoms with E-state index in [0.717, 1.165) is 27.0 Å². The zero-order valence-electron chi connectivity index (χ0n) is 11.5. The quantitative estimate of drug-likeness (QED) is 0.841.